The summed E-state index contributed by atoms with van der Waals surface area (Å²) in [5, 5.41) is 12.6. The molecule has 0 bridgehead atoms. The SMILES string of the molecule is CCN1CCc2c([nH]c3ccccc23)[C@@H]1c1c(O)n(-c2c(C)cc(C)cc2C)c(=O)[nH]c1=O. The van der Waals surface area contributed by atoms with Gasteiger partial charge in [0.2, 0.25) is 5.88 Å². The molecule has 0 unspecified atom stereocenters. The molecule has 1 atom stereocenters. The molecule has 0 aliphatic carbocycles. The maximum atomic E-state index is 13.2. The Balaban J connectivity index is 1.82. The van der Waals surface area contributed by atoms with E-state index >= 15 is 0 Å². The zero-order chi connectivity index (χ0) is 23.4. The molecule has 0 fully saturated rings. The molecule has 1 aliphatic heterocycles. The second-order valence-corrected chi connectivity index (χ2v) is 8.92. The van der Waals surface area contributed by atoms with Gasteiger partial charge >= 0.3 is 5.69 Å². The number of rotatable bonds is 3. The molecule has 2 aromatic heterocycles. The molecule has 33 heavy (non-hydrogen) atoms. The molecule has 7 nitrogen and oxygen atoms in total. The Morgan fingerprint density at radius 3 is 2.45 bits per heavy atom. The average molecular weight is 445 g/mol. The Bertz CT molecular complexity index is 1490. The molecule has 0 amide bonds. The summed E-state index contributed by atoms with van der Waals surface area (Å²) >= 11 is 0. The van der Waals surface area contributed by atoms with Crippen molar-refractivity contribution in [3.05, 3.63) is 90.7 Å². The van der Waals surface area contributed by atoms with Crippen molar-refractivity contribution >= 4 is 10.9 Å². The zero-order valence-electron chi connectivity index (χ0n) is 19.3. The van der Waals surface area contributed by atoms with Crippen molar-refractivity contribution in [2.24, 2.45) is 0 Å². The quantitative estimate of drug-likeness (QED) is 0.450. The summed E-state index contributed by atoms with van der Waals surface area (Å²) in [4.78, 5) is 34.3. The number of hydrogen-bond acceptors (Lipinski definition) is 4. The maximum Gasteiger partial charge on any atom is 0.335 e. The number of nitrogens with one attached hydrogen (secondary N) is 2. The van der Waals surface area contributed by atoms with Crippen molar-refractivity contribution in [1.29, 1.82) is 0 Å². The molecule has 0 saturated carbocycles. The molecule has 4 aromatic rings. The van der Waals surface area contributed by atoms with Crippen LogP contribution in [0.15, 0.2) is 46.0 Å². The molecule has 5 rings (SSSR count). The summed E-state index contributed by atoms with van der Waals surface area (Å²) < 4.78 is 1.24. The summed E-state index contributed by atoms with van der Waals surface area (Å²) in [6, 6.07) is 11.5. The Morgan fingerprint density at radius 1 is 1.06 bits per heavy atom. The van der Waals surface area contributed by atoms with Crippen LogP contribution in [0.4, 0.5) is 0 Å². The number of H-pyrrole nitrogens is 2. The minimum absolute atomic E-state index is 0.184. The summed E-state index contributed by atoms with van der Waals surface area (Å²) in [6.07, 6.45) is 0.845. The molecule has 7 heteroatoms. The van der Waals surface area contributed by atoms with Gasteiger partial charge in [-0.05, 0) is 56.5 Å². The second-order valence-electron chi connectivity index (χ2n) is 8.92. The van der Waals surface area contributed by atoms with E-state index in [1.165, 1.54) is 4.57 Å². The van der Waals surface area contributed by atoms with Crippen LogP contribution in [0, 0.1) is 20.8 Å². The van der Waals surface area contributed by atoms with Crippen molar-refractivity contribution < 1.29 is 5.11 Å². The highest BCUT2D eigenvalue weighted by Crippen LogP contribution is 2.40. The van der Waals surface area contributed by atoms with Gasteiger partial charge in [0.25, 0.3) is 5.56 Å². The van der Waals surface area contributed by atoms with Crippen molar-refractivity contribution in [3.8, 4) is 11.6 Å². The lowest BCUT2D eigenvalue weighted by atomic mass is 9.93. The lowest BCUT2D eigenvalue weighted by Gasteiger charge is -2.35. The van der Waals surface area contributed by atoms with Gasteiger partial charge in [-0.15, -0.1) is 0 Å². The number of aromatic hydroxyl groups is 1. The number of aromatic amines is 2. The van der Waals surface area contributed by atoms with Crippen LogP contribution in [0.1, 0.15) is 46.5 Å². The van der Waals surface area contributed by atoms with Gasteiger partial charge in [0.05, 0.1) is 11.7 Å². The molecule has 0 spiro atoms. The molecular formula is C26H28N4O3. The number of hydrogen-bond donors (Lipinski definition) is 3. The van der Waals surface area contributed by atoms with E-state index in [0.717, 1.165) is 51.8 Å². The summed E-state index contributed by atoms with van der Waals surface area (Å²) in [6.45, 7) is 9.28. The largest absolute Gasteiger partial charge is 0.494 e. The van der Waals surface area contributed by atoms with E-state index in [0.29, 0.717) is 12.2 Å². The fourth-order valence-electron chi connectivity index (χ4n) is 5.48. The van der Waals surface area contributed by atoms with E-state index in [1.54, 1.807) is 0 Å². The Morgan fingerprint density at radius 2 is 1.76 bits per heavy atom. The number of para-hydroxylation sites is 1. The van der Waals surface area contributed by atoms with Gasteiger partial charge < -0.3 is 10.1 Å². The fraction of sp³-hybridized carbons (Fsp3) is 0.308. The predicted octanol–water partition coefficient (Wildman–Crippen LogP) is 3.61. The van der Waals surface area contributed by atoms with Crippen molar-refractivity contribution in [2.45, 2.75) is 40.2 Å². The first-order chi connectivity index (χ1) is 15.8. The van der Waals surface area contributed by atoms with Gasteiger partial charge in [0.15, 0.2) is 0 Å². The Kier molecular flexibility index (Phi) is 5.01. The molecule has 2 aromatic carbocycles. The fourth-order valence-corrected chi connectivity index (χ4v) is 5.48. The average Bonchev–Trinajstić information content (AvgIpc) is 3.14. The topological polar surface area (TPSA) is 94.1 Å². The van der Waals surface area contributed by atoms with Crippen LogP contribution >= 0.6 is 0 Å². The highest BCUT2D eigenvalue weighted by Gasteiger charge is 2.36. The molecule has 3 N–H and O–H groups in total. The molecule has 170 valence electrons. The third kappa shape index (κ3) is 3.23. The number of aromatic nitrogens is 3. The van der Waals surface area contributed by atoms with Crippen LogP contribution in [0.2, 0.25) is 0 Å². The van der Waals surface area contributed by atoms with Crippen LogP contribution in [0.3, 0.4) is 0 Å². The van der Waals surface area contributed by atoms with Gasteiger partial charge in [-0.2, -0.15) is 0 Å². The molecular weight excluding hydrogens is 416 g/mol. The summed E-state index contributed by atoms with van der Waals surface area (Å²) in [7, 11) is 0. The van der Waals surface area contributed by atoms with Crippen molar-refractivity contribution in [3.63, 3.8) is 0 Å². The summed E-state index contributed by atoms with van der Waals surface area (Å²) in [5.41, 5.74) is 5.39. The van der Waals surface area contributed by atoms with Crippen LogP contribution in [0.5, 0.6) is 5.88 Å². The van der Waals surface area contributed by atoms with Gasteiger partial charge in [0.1, 0.15) is 5.56 Å². The smallest absolute Gasteiger partial charge is 0.335 e. The molecule has 0 saturated heterocycles. The van der Waals surface area contributed by atoms with E-state index in [9.17, 15) is 14.7 Å². The number of benzene rings is 2. The third-order valence-corrected chi connectivity index (χ3v) is 6.79. The van der Waals surface area contributed by atoms with Gasteiger partial charge in [-0.3, -0.25) is 14.7 Å². The van der Waals surface area contributed by atoms with Crippen molar-refractivity contribution in [1.82, 2.24) is 19.4 Å². The first kappa shape index (κ1) is 21.3. The number of nitrogens with zero attached hydrogens (tertiary/aromatic N) is 2. The highest BCUT2D eigenvalue weighted by atomic mass is 16.3. The predicted molar refractivity (Wildman–Crippen MR) is 130 cm³/mol. The monoisotopic (exact) mass is 444 g/mol. The highest BCUT2D eigenvalue weighted by molar-refractivity contribution is 5.85. The number of likely N-dealkylation sites (N-methyl/N-ethyl adjacent to an activating group) is 1. The van der Waals surface area contributed by atoms with E-state index < -0.39 is 17.3 Å². The Labute approximate surface area is 191 Å². The van der Waals surface area contributed by atoms with Crippen LogP contribution in [-0.4, -0.2) is 37.6 Å². The zero-order valence-corrected chi connectivity index (χ0v) is 19.3. The maximum absolute atomic E-state index is 13.2. The minimum Gasteiger partial charge on any atom is -0.494 e. The first-order valence-corrected chi connectivity index (χ1v) is 11.3. The number of fused-ring (bicyclic) bond motifs is 3. The van der Waals surface area contributed by atoms with E-state index in [2.05, 4.69) is 20.9 Å². The van der Waals surface area contributed by atoms with Gasteiger partial charge in [-0.1, -0.05) is 42.8 Å². The lowest BCUT2D eigenvalue weighted by Crippen LogP contribution is -2.41. The van der Waals surface area contributed by atoms with Crippen LogP contribution in [-0.2, 0) is 6.42 Å². The number of aryl methyl sites for hydroxylation is 3. The van der Waals surface area contributed by atoms with E-state index in [1.807, 2.05) is 58.0 Å². The van der Waals surface area contributed by atoms with Crippen molar-refractivity contribution in [2.75, 3.05) is 13.1 Å². The standard InChI is InChI=1S/C26H28N4O3/c1-5-29-11-10-18-17-8-6-7-9-19(17)27-21(18)23(29)20-24(31)28-26(33)30(25(20)32)22-15(3)12-14(2)13-16(22)4/h6-9,12-13,23,27,32H,5,10-11H2,1-4H3,(H,28,31,33)/t23-/m0/s1. The van der Waals surface area contributed by atoms with Crippen LogP contribution < -0.4 is 11.2 Å². The second kappa shape index (κ2) is 7.78. The summed E-state index contributed by atoms with van der Waals surface area (Å²) in [5.74, 6) is -0.311. The van der Waals surface area contributed by atoms with Gasteiger partial charge in [0, 0.05) is 23.1 Å². The first-order valence-electron chi connectivity index (χ1n) is 11.3. The normalized spacial score (nSPS) is 16.3. The van der Waals surface area contributed by atoms with Crippen LogP contribution in [0.25, 0.3) is 16.6 Å². The Hall–Kier alpha value is -3.58. The molecule has 0 radical (unpaired) electrons. The van der Waals surface area contributed by atoms with Gasteiger partial charge in [-0.25, -0.2) is 9.36 Å². The minimum atomic E-state index is -0.646. The lowest BCUT2D eigenvalue weighted by molar-refractivity contribution is 0.215. The van der Waals surface area contributed by atoms with E-state index in [4.69, 9.17) is 0 Å². The van der Waals surface area contributed by atoms with E-state index in [-0.39, 0.29) is 11.4 Å². The molecule has 3 heterocycles. The molecule has 1 aliphatic rings. The third-order valence-electron chi connectivity index (χ3n) is 6.79.